The van der Waals surface area contributed by atoms with Crippen molar-refractivity contribution < 1.29 is 4.79 Å². The van der Waals surface area contributed by atoms with Crippen molar-refractivity contribution >= 4 is 17.2 Å². The lowest BCUT2D eigenvalue weighted by Crippen LogP contribution is -2.27. The number of amides is 1. The number of hydrogen-bond donors (Lipinski definition) is 1. The lowest BCUT2D eigenvalue weighted by atomic mass is 10.0. The van der Waals surface area contributed by atoms with Crippen molar-refractivity contribution in [2.24, 2.45) is 5.73 Å². The Hall–Kier alpha value is -1.65. The minimum Gasteiger partial charge on any atom is -0.337 e. The molecule has 3 nitrogen and oxygen atoms in total. The monoisotopic (exact) mass is 274 g/mol. The van der Waals surface area contributed by atoms with E-state index in [2.05, 4.69) is 5.38 Å². The highest BCUT2D eigenvalue weighted by atomic mass is 32.1. The van der Waals surface area contributed by atoms with Crippen molar-refractivity contribution in [1.29, 1.82) is 0 Å². The summed E-state index contributed by atoms with van der Waals surface area (Å²) in [4.78, 5) is 14.2. The largest absolute Gasteiger partial charge is 0.337 e. The third kappa shape index (κ3) is 3.43. The fourth-order valence-electron chi connectivity index (χ4n) is 2.04. The number of carbonyl (C=O) groups is 1. The number of rotatable bonds is 5. The molecule has 0 fully saturated rings. The van der Waals surface area contributed by atoms with Gasteiger partial charge in [0, 0.05) is 19.2 Å². The van der Waals surface area contributed by atoms with Crippen LogP contribution in [0.4, 0.5) is 0 Å². The van der Waals surface area contributed by atoms with Crippen LogP contribution >= 0.6 is 11.3 Å². The van der Waals surface area contributed by atoms with E-state index in [1.54, 1.807) is 16.2 Å². The first-order chi connectivity index (χ1) is 9.22. The minimum atomic E-state index is 0.0512. The molecule has 0 aliphatic carbocycles. The van der Waals surface area contributed by atoms with Crippen molar-refractivity contribution in [1.82, 2.24) is 4.90 Å². The fourth-order valence-corrected chi connectivity index (χ4v) is 2.70. The second kappa shape index (κ2) is 6.50. The Morgan fingerprint density at radius 2 is 2.11 bits per heavy atom. The molecule has 1 aromatic carbocycles. The number of thiophene rings is 1. The first-order valence-electron chi connectivity index (χ1n) is 6.27. The van der Waals surface area contributed by atoms with Crippen LogP contribution < -0.4 is 5.73 Å². The van der Waals surface area contributed by atoms with Gasteiger partial charge in [0.2, 0.25) is 0 Å². The summed E-state index contributed by atoms with van der Waals surface area (Å²) in [7, 11) is 1.83. The normalized spacial score (nSPS) is 10.4. The molecule has 1 amide bonds. The molecule has 0 spiro atoms. The third-order valence-electron chi connectivity index (χ3n) is 3.01. The van der Waals surface area contributed by atoms with Crippen LogP contribution in [0.25, 0.3) is 0 Å². The van der Waals surface area contributed by atoms with E-state index in [1.165, 1.54) is 0 Å². The topological polar surface area (TPSA) is 46.3 Å². The summed E-state index contributed by atoms with van der Waals surface area (Å²) in [6.07, 6.45) is 0.730. The average molecular weight is 274 g/mol. The molecule has 1 aromatic heterocycles. The molecule has 4 heteroatoms. The van der Waals surface area contributed by atoms with Crippen LogP contribution in [-0.2, 0) is 13.0 Å². The van der Waals surface area contributed by atoms with Gasteiger partial charge in [0.05, 0.1) is 0 Å². The molecule has 2 aromatic rings. The van der Waals surface area contributed by atoms with E-state index in [4.69, 9.17) is 5.73 Å². The standard InChI is InChI=1S/C15H18N2OS/c1-17(10-12-7-9-19-11-12)15(18)14-5-3-2-4-13(14)6-8-16/h2-5,7,9,11H,6,8,10,16H2,1H3. The highest BCUT2D eigenvalue weighted by molar-refractivity contribution is 7.07. The molecular formula is C15H18N2OS. The van der Waals surface area contributed by atoms with E-state index in [9.17, 15) is 4.79 Å². The number of nitrogens with two attached hydrogens (primary N) is 1. The van der Waals surface area contributed by atoms with Gasteiger partial charge in [-0.2, -0.15) is 11.3 Å². The van der Waals surface area contributed by atoms with Crippen molar-refractivity contribution in [3.8, 4) is 0 Å². The predicted octanol–water partition coefficient (Wildman–Crippen LogP) is 2.52. The molecule has 0 saturated heterocycles. The molecular weight excluding hydrogens is 256 g/mol. The molecule has 0 radical (unpaired) electrons. The highest BCUT2D eigenvalue weighted by Gasteiger charge is 2.15. The zero-order chi connectivity index (χ0) is 13.7. The molecule has 1 heterocycles. The Kier molecular flexibility index (Phi) is 4.71. The number of hydrogen-bond acceptors (Lipinski definition) is 3. The zero-order valence-electron chi connectivity index (χ0n) is 11.0. The summed E-state index contributed by atoms with van der Waals surface area (Å²) in [5, 5.41) is 4.09. The zero-order valence-corrected chi connectivity index (χ0v) is 11.8. The smallest absolute Gasteiger partial charge is 0.254 e. The van der Waals surface area contributed by atoms with Crippen LogP contribution in [0.5, 0.6) is 0 Å². The van der Waals surface area contributed by atoms with Crippen molar-refractivity contribution in [3.05, 3.63) is 57.8 Å². The molecule has 2 N–H and O–H groups in total. The summed E-state index contributed by atoms with van der Waals surface area (Å²) in [5.74, 6) is 0.0512. The maximum atomic E-state index is 12.5. The average Bonchev–Trinajstić information content (AvgIpc) is 2.92. The molecule has 0 atom stereocenters. The first kappa shape index (κ1) is 13.8. The summed E-state index contributed by atoms with van der Waals surface area (Å²) in [6.45, 7) is 1.19. The molecule has 0 unspecified atom stereocenters. The van der Waals surface area contributed by atoms with Gasteiger partial charge < -0.3 is 10.6 Å². The van der Waals surface area contributed by atoms with Gasteiger partial charge in [-0.15, -0.1) is 0 Å². The number of benzene rings is 1. The predicted molar refractivity (Wildman–Crippen MR) is 79.3 cm³/mol. The minimum absolute atomic E-state index is 0.0512. The van der Waals surface area contributed by atoms with Gasteiger partial charge in [-0.05, 0) is 47.0 Å². The van der Waals surface area contributed by atoms with Gasteiger partial charge in [-0.25, -0.2) is 0 Å². The van der Waals surface area contributed by atoms with Crippen molar-refractivity contribution in [2.45, 2.75) is 13.0 Å². The lowest BCUT2D eigenvalue weighted by Gasteiger charge is -2.18. The molecule has 0 aliphatic rings. The van der Waals surface area contributed by atoms with Crippen LogP contribution in [0.2, 0.25) is 0 Å². The fraction of sp³-hybridized carbons (Fsp3) is 0.267. The summed E-state index contributed by atoms with van der Waals surface area (Å²) < 4.78 is 0. The van der Waals surface area contributed by atoms with E-state index < -0.39 is 0 Å². The van der Waals surface area contributed by atoms with Crippen molar-refractivity contribution in [3.63, 3.8) is 0 Å². The van der Waals surface area contributed by atoms with Gasteiger partial charge in [-0.1, -0.05) is 18.2 Å². The van der Waals surface area contributed by atoms with Gasteiger partial charge in [0.1, 0.15) is 0 Å². The first-order valence-corrected chi connectivity index (χ1v) is 7.21. The second-order valence-electron chi connectivity index (χ2n) is 4.49. The van der Waals surface area contributed by atoms with Gasteiger partial charge in [0.15, 0.2) is 0 Å². The highest BCUT2D eigenvalue weighted by Crippen LogP contribution is 2.14. The van der Waals surface area contributed by atoms with Crippen LogP contribution in [0.15, 0.2) is 41.1 Å². The van der Waals surface area contributed by atoms with E-state index in [0.29, 0.717) is 13.1 Å². The van der Waals surface area contributed by atoms with Gasteiger partial charge in [0.25, 0.3) is 5.91 Å². The maximum absolute atomic E-state index is 12.5. The SMILES string of the molecule is CN(Cc1ccsc1)C(=O)c1ccccc1CCN. The molecule has 100 valence electrons. The molecule has 0 aliphatic heterocycles. The van der Waals surface area contributed by atoms with E-state index in [-0.39, 0.29) is 5.91 Å². The maximum Gasteiger partial charge on any atom is 0.254 e. The van der Waals surface area contributed by atoms with E-state index in [1.807, 2.05) is 42.8 Å². The summed E-state index contributed by atoms with van der Waals surface area (Å²) in [6, 6.07) is 9.72. The van der Waals surface area contributed by atoms with Gasteiger partial charge in [-0.3, -0.25) is 4.79 Å². The Labute approximate surface area is 117 Å². The Morgan fingerprint density at radius 1 is 1.32 bits per heavy atom. The third-order valence-corrected chi connectivity index (χ3v) is 3.74. The Morgan fingerprint density at radius 3 is 2.79 bits per heavy atom. The van der Waals surface area contributed by atoms with Crippen LogP contribution in [0.3, 0.4) is 0 Å². The Balaban J connectivity index is 2.14. The number of carbonyl (C=O) groups excluding carboxylic acids is 1. The van der Waals surface area contributed by atoms with Crippen LogP contribution in [0, 0.1) is 0 Å². The van der Waals surface area contributed by atoms with Crippen molar-refractivity contribution in [2.75, 3.05) is 13.6 Å². The lowest BCUT2D eigenvalue weighted by molar-refractivity contribution is 0.0784. The quantitative estimate of drug-likeness (QED) is 0.910. The van der Waals surface area contributed by atoms with Gasteiger partial charge >= 0.3 is 0 Å². The second-order valence-corrected chi connectivity index (χ2v) is 5.27. The molecule has 19 heavy (non-hydrogen) atoms. The van der Waals surface area contributed by atoms with Crippen LogP contribution in [0.1, 0.15) is 21.5 Å². The molecule has 2 rings (SSSR count). The molecule has 0 bridgehead atoms. The van der Waals surface area contributed by atoms with E-state index >= 15 is 0 Å². The number of nitrogens with zero attached hydrogens (tertiary/aromatic N) is 1. The summed E-state index contributed by atoms with van der Waals surface area (Å²) >= 11 is 1.65. The Bertz CT molecular complexity index is 537. The molecule has 0 saturated carbocycles. The van der Waals surface area contributed by atoms with Crippen LogP contribution in [-0.4, -0.2) is 24.4 Å². The van der Waals surface area contributed by atoms with E-state index in [0.717, 1.165) is 23.1 Å². The summed E-state index contributed by atoms with van der Waals surface area (Å²) in [5.41, 5.74) is 8.53.